The number of urea groups is 1. The maximum atomic E-state index is 13.8. The van der Waals surface area contributed by atoms with E-state index in [-0.39, 0.29) is 17.1 Å². The molecule has 5 rings (SSSR count). The van der Waals surface area contributed by atoms with Gasteiger partial charge in [0.05, 0.1) is 30.2 Å². The maximum absolute atomic E-state index is 13.8. The van der Waals surface area contributed by atoms with Crippen molar-refractivity contribution in [1.29, 1.82) is 0 Å². The molecule has 0 radical (unpaired) electrons. The molecule has 1 saturated heterocycles. The number of nitrogens with zero attached hydrogens (tertiary/aromatic N) is 5. The lowest BCUT2D eigenvalue weighted by Gasteiger charge is -2.52. The first-order valence-corrected chi connectivity index (χ1v) is 13.2. The monoisotopic (exact) mass is 497 g/mol. The maximum Gasteiger partial charge on any atom is 0.325 e. The average molecular weight is 498 g/mol. The smallest absolute Gasteiger partial charge is 0.317 e. The quantitative estimate of drug-likeness (QED) is 0.486. The van der Waals surface area contributed by atoms with Gasteiger partial charge in [-0.3, -0.25) is 9.80 Å². The summed E-state index contributed by atoms with van der Waals surface area (Å²) in [7, 11) is 2.20. The summed E-state index contributed by atoms with van der Waals surface area (Å²) in [6.45, 7) is 5.24. The minimum atomic E-state index is -3.11. The van der Waals surface area contributed by atoms with Crippen LogP contribution in [0.1, 0.15) is 70.2 Å². The lowest BCUT2D eigenvalue weighted by Crippen LogP contribution is -2.57. The molecule has 8 heteroatoms. The number of hydrogen-bond donors (Lipinski definition) is 0. The van der Waals surface area contributed by atoms with Crippen molar-refractivity contribution in [1.82, 2.24) is 19.8 Å². The van der Waals surface area contributed by atoms with Crippen molar-refractivity contribution in [2.75, 3.05) is 31.6 Å². The fraction of sp³-hybridized carbons (Fsp3) is 0.607. The molecule has 6 nitrogen and oxygen atoms in total. The van der Waals surface area contributed by atoms with Gasteiger partial charge in [-0.05, 0) is 63.6 Å². The van der Waals surface area contributed by atoms with Crippen LogP contribution in [-0.4, -0.2) is 58.0 Å². The highest BCUT2D eigenvalue weighted by Crippen LogP contribution is 2.50. The number of hydrogen-bond acceptors (Lipinski definition) is 4. The van der Waals surface area contributed by atoms with E-state index in [4.69, 9.17) is 0 Å². The second-order valence-corrected chi connectivity index (χ2v) is 11.1. The first kappa shape index (κ1) is 25.1. The minimum Gasteiger partial charge on any atom is -0.317 e. The Labute approximate surface area is 212 Å². The number of alkyl halides is 2. The molecule has 3 fully saturated rings. The number of carbonyl (C=O) groups is 1. The summed E-state index contributed by atoms with van der Waals surface area (Å²) in [5, 5.41) is 0. The molecule has 0 atom stereocenters. The average Bonchev–Trinajstić information content (AvgIpc) is 3.12. The van der Waals surface area contributed by atoms with Gasteiger partial charge in [-0.1, -0.05) is 43.7 Å². The van der Waals surface area contributed by atoms with Crippen LogP contribution in [0.5, 0.6) is 0 Å². The van der Waals surface area contributed by atoms with Crippen molar-refractivity contribution in [3.05, 3.63) is 54.1 Å². The Hall–Kier alpha value is -2.61. The zero-order valence-electron chi connectivity index (χ0n) is 21.6. The number of carbonyl (C=O) groups excluding carboxylic acids is 1. The van der Waals surface area contributed by atoms with Gasteiger partial charge in [-0.2, -0.15) is 8.78 Å². The van der Waals surface area contributed by atoms with E-state index in [1.807, 2.05) is 0 Å². The second-order valence-electron chi connectivity index (χ2n) is 11.1. The number of anilines is 1. The molecule has 1 aliphatic heterocycles. The van der Waals surface area contributed by atoms with Gasteiger partial charge < -0.3 is 4.90 Å². The third kappa shape index (κ3) is 4.27. The normalized spacial score (nSPS) is 27.2. The zero-order valence-corrected chi connectivity index (χ0v) is 21.6. The van der Waals surface area contributed by atoms with Gasteiger partial charge in [0, 0.05) is 19.0 Å². The standard InChI is InChI=1S/C28H37F2N5O/c1-4-33(3)28(22-11-6-5-7-12-22)15-13-27(14-16-28)20-34(25(36)35(27)19-21-9-8-10-21)23-17-31-24(32-18-23)26(2,29)30/h5-7,11-12,17-18,21H,4,8-10,13-16,19-20H2,1-3H3/t27-,28+. The van der Waals surface area contributed by atoms with Crippen molar-refractivity contribution in [2.45, 2.75) is 75.8 Å². The van der Waals surface area contributed by atoms with Crippen LogP contribution in [0.25, 0.3) is 0 Å². The van der Waals surface area contributed by atoms with Crippen LogP contribution in [0.2, 0.25) is 0 Å². The first-order valence-electron chi connectivity index (χ1n) is 13.2. The van der Waals surface area contributed by atoms with Crippen LogP contribution in [0.3, 0.4) is 0 Å². The molecule has 0 unspecified atom stereocenters. The Morgan fingerprint density at radius 3 is 2.25 bits per heavy atom. The van der Waals surface area contributed by atoms with E-state index in [0.717, 1.165) is 58.5 Å². The molecule has 2 heterocycles. The van der Waals surface area contributed by atoms with Crippen molar-refractivity contribution >= 4 is 11.7 Å². The van der Waals surface area contributed by atoms with Gasteiger partial charge >= 0.3 is 12.0 Å². The Kier molecular flexibility index (Phi) is 6.52. The lowest BCUT2D eigenvalue weighted by molar-refractivity contribution is 0.00756. The summed E-state index contributed by atoms with van der Waals surface area (Å²) >= 11 is 0. The van der Waals surface area contributed by atoms with Gasteiger partial charge in [0.15, 0.2) is 5.82 Å². The topological polar surface area (TPSA) is 52.6 Å². The highest BCUT2D eigenvalue weighted by Gasteiger charge is 2.55. The van der Waals surface area contributed by atoms with E-state index in [2.05, 4.69) is 64.1 Å². The first-order chi connectivity index (χ1) is 17.2. The summed E-state index contributed by atoms with van der Waals surface area (Å²) in [6, 6.07) is 10.7. The zero-order chi connectivity index (χ0) is 25.6. The molecule has 1 spiro atoms. The number of rotatable bonds is 7. The summed E-state index contributed by atoms with van der Waals surface area (Å²) in [5.74, 6) is -3.09. The van der Waals surface area contributed by atoms with E-state index in [1.165, 1.54) is 24.4 Å². The summed E-state index contributed by atoms with van der Waals surface area (Å²) in [6.07, 6.45) is 10.0. The van der Waals surface area contributed by atoms with Crippen LogP contribution < -0.4 is 4.90 Å². The number of aromatic nitrogens is 2. The molecular weight excluding hydrogens is 460 g/mol. The molecule has 0 N–H and O–H groups in total. The SMILES string of the molecule is CCN(C)[C@]1(c2ccccc2)CC[C@]2(CC1)CN(c1cnc(C(C)(F)F)nc1)C(=O)N2CC1CCC1. The van der Waals surface area contributed by atoms with E-state index < -0.39 is 11.7 Å². The third-order valence-corrected chi connectivity index (χ3v) is 9.02. The number of amides is 2. The van der Waals surface area contributed by atoms with Gasteiger partial charge in [0.25, 0.3) is 0 Å². The van der Waals surface area contributed by atoms with E-state index >= 15 is 0 Å². The Balaban J connectivity index is 1.44. The largest absolute Gasteiger partial charge is 0.325 e. The number of halogens is 2. The van der Waals surface area contributed by atoms with E-state index in [1.54, 1.807) is 4.90 Å². The molecule has 36 heavy (non-hydrogen) atoms. The van der Waals surface area contributed by atoms with Gasteiger partial charge in [0.1, 0.15) is 0 Å². The Bertz CT molecular complexity index is 1060. The van der Waals surface area contributed by atoms with Crippen molar-refractivity contribution in [3.63, 3.8) is 0 Å². The van der Waals surface area contributed by atoms with Crippen LogP contribution in [0.4, 0.5) is 19.3 Å². The van der Waals surface area contributed by atoms with E-state index in [0.29, 0.717) is 18.2 Å². The molecule has 3 aliphatic rings. The summed E-state index contributed by atoms with van der Waals surface area (Å²) in [5.41, 5.74) is 1.50. The second kappa shape index (κ2) is 9.36. The highest BCUT2D eigenvalue weighted by molar-refractivity contribution is 5.95. The van der Waals surface area contributed by atoms with Crippen LogP contribution in [0.15, 0.2) is 42.7 Å². The Morgan fingerprint density at radius 2 is 1.72 bits per heavy atom. The Morgan fingerprint density at radius 1 is 1.08 bits per heavy atom. The van der Waals surface area contributed by atoms with Gasteiger partial charge in [-0.25, -0.2) is 14.8 Å². The molecule has 2 amide bonds. The minimum absolute atomic E-state index is 0.0439. The van der Waals surface area contributed by atoms with Gasteiger partial charge in [-0.15, -0.1) is 0 Å². The van der Waals surface area contributed by atoms with Gasteiger partial charge in [0.2, 0.25) is 0 Å². The van der Waals surface area contributed by atoms with Crippen LogP contribution in [-0.2, 0) is 11.5 Å². The summed E-state index contributed by atoms with van der Waals surface area (Å²) in [4.78, 5) is 27.9. The molecule has 194 valence electrons. The molecule has 2 saturated carbocycles. The molecule has 0 bridgehead atoms. The highest BCUT2D eigenvalue weighted by atomic mass is 19.3. The van der Waals surface area contributed by atoms with Crippen LogP contribution in [0, 0.1) is 5.92 Å². The summed E-state index contributed by atoms with van der Waals surface area (Å²) < 4.78 is 27.3. The van der Waals surface area contributed by atoms with Crippen molar-refractivity contribution in [2.24, 2.45) is 5.92 Å². The van der Waals surface area contributed by atoms with Crippen molar-refractivity contribution < 1.29 is 13.6 Å². The lowest BCUT2D eigenvalue weighted by atomic mass is 9.68. The van der Waals surface area contributed by atoms with Crippen LogP contribution >= 0.6 is 0 Å². The predicted molar refractivity (Wildman–Crippen MR) is 136 cm³/mol. The molecule has 2 aromatic rings. The fourth-order valence-corrected chi connectivity index (χ4v) is 6.39. The molecule has 1 aromatic heterocycles. The molecule has 1 aromatic carbocycles. The number of benzene rings is 1. The third-order valence-electron chi connectivity index (χ3n) is 9.02. The molecular formula is C28H37F2N5O. The predicted octanol–water partition coefficient (Wildman–Crippen LogP) is 5.79. The fourth-order valence-electron chi connectivity index (χ4n) is 6.39. The molecule has 2 aliphatic carbocycles. The van der Waals surface area contributed by atoms with E-state index in [9.17, 15) is 13.6 Å². The van der Waals surface area contributed by atoms with Crippen molar-refractivity contribution in [3.8, 4) is 0 Å².